The van der Waals surface area contributed by atoms with E-state index in [-0.39, 0.29) is 6.54 Å². The van der Waals surface area contributed by atoms with Gasteiger partial charge in [-0.15, -0.1) is 11.6 Å². The highest BCUT2D eigenvalue weighted by atomic mass is 35.5. The van der Waals surface area contributed by atoms with E-state index >= 15 is 0 Å². The van der Waals surface area contributed by atoms with E-state index in [4.69, 9.17) is 16.7 Å². The molecule has 0 radical (unpaired) electrons. The minimum atomic E-state index is -0.918. The summed E-state index contributed by atoms with van der Waals surface area (Å²) in [6.07, 6.45) is 0. The summed E-state index contributed by atoms with van der Waals surface area (Å²) in [6.45, 7) is -0.140. The van der Waals surface area contributed by atoms with Crippen molar-refractivity contribution in [2.24, 2.45) is 0 Å². The van der Waals surface area contributed by atoms with Crippen LogP contribution >= 0.6 is 11.6 Å². The number of carboxylic acid groups (broad SMARTS) is 1. The van der Waals surface area contributed by atoms with Crippen LogP contribution in [0.3, 0.4) is 0 Å². The van der Waals surface area contributed by atoms with Crippen molar-refractivity contribution in [3.05, 3.63) is 23.9 Å². The number of pyridine rings is 1. The van der Waals surface area contributed by atoms with Crippen molar-refractivity contribution in [2.75, 3.05) is 11.9 Å². The quantitative estimate of drug-likeness (QED) is 0.720. The monoisotopic (exact) mass is 200 g/mol. The number of nitrogens with zero attached hydrogens (tertiary/aromatic N) is 1. The van der Waals surface area contributed by atoms with Gasteiger partial charge in [0.1, 0.15) is 12.4 Å². The van der Waals surface area contributed by atoms with Gasteiger partial charge in [-0.3, -0.25) is 4.79 Å². The third-order valence-electron chi connectivity index (χ3n) is 1.36. The summed E-state index contributed by atoms with van der Waals surface area (Å²) < 4.78 is 0. The van der Waals surface area contributed by atoms with Gasteiger partial charge in [0.25, 0.3) is 0 Å². The molecule has 0 spiro atoms. The molecule has 1 aromatic rings. The van der Waals surface area contributed by atoms with Crippen LogP contribution in [0, 0.1) is 0 Å². The fourth-order valence-electron chi connectivity index (χ4n) is 0.819. The van der Waals surface area contributed by atoms with Crippen molar-refractivity contribution in [3.8, 4) is 0 Å². The lowest BCUT2D eigenvalue weighted by atomic mass is 10.4. The molecular formula is C8H9ClN2O2. The maximum absolute atomic E-state index is 10.2. The fraction of sp³-hybridized carbons (Fsp3) is 0.250. The summed E-state index contributed by atoms with van der Waals surface area (Å²) in [5.41, 5.74) is 0.719. The van der Waals surface area contributed by atoms with Gasteiger partial charge in [0.2, 0.25) is 0 Å². The number of aliphatic carboxylic acids is 1. The molecular weight excluding hydrogens is 192 g/mol. The van der Waals surface area contributed by atoms with E-state index in [1.54, 1.807) is 18.2 Å². The molecule has 1 heterocycles. The molecule has 1 aromatic heterocycles. The van der Waals surface area contributed by atoms with Crippen molar-refractivity contribution < 1.29 is 9.90 Å². The van der Waals surface area contributed by atoms with Gasteiger partial charge < -0.3 is 10.4 Å². The molecule has 13 heavy (non-hydrogen) atoms. The Morgan fingerprint density at radius 1 is 1.62 bits per heavy atom. The van der Waals surface area contributed by atoms with Crippen LogP contribution in [0.15, 0.2) is 18.2 Å². The molecule has 0 aromatic carbocycles. The predicted octanol–water partition coefficient (Wildman–Crippen LogP) is 1.32. The number of hydrogen-bond donors (Lipinski definition) is 2. The molecule has 4 nitrogen and oxygen atoms in total. The van der Waals surface area contributed by atoms with E-state index in [9.17, 15) is 4.79 Å². The van der Waals surface area contributed by atoms with Gasteiger partial charge in [0.15, 0.2) is 0 Å². The average molecular weight is 201 g/mol. The first-order valence-electron chi connectivity index (χ1n) is 3.70. The Balaban J connectivity index is 2.61. The van der Waals surface area contributed by atoms with Crippen LogP contribution in [0.2, 0.25) is 0 Å². The lowest BCUT2D eigenvalue weighted by Gasteiger charge is -2.02. The number of aromatic nitrogens is 1. The highest BCUT2D eigenvalue weighted by Crippen LogP contribution is 2.06. The van der Waals surface area contributed by atoms with Gasteiger partial charge in [0.05, 0.1) is 11.6 Å². The third-order valence-corrected chi connectivity index (χ3v) is 1.64. The van der Waals surface area contributed by atoms with E-state index in [0.717, 1.165) is 5.69 Å². The number of anilines is 1. The van der Waals surface area contributed by atoms with Crippen LogP contribution < -0.4 is 5.32 Å². The SMILES string of the molecule is O=C(O)CNc1cccc(CCl)n1. The van der Waals surface area contributed by atoms with E-state index in [2.05, 4.69) is 10.3 Å². The molecule has 1 rings (SSSR count). The highest BCUT2D eigenvalue weighted by molar-refractivity contribution is 6.16. The maximum atomic E-state index is 10.2. The molecule has 0 atom stereocenters. The molecule has 2 N–H and O–H groups in total. The van der Waals surface area contributed by atoms with Gasteiger partial charge >= 0.3 is 5.97 Å². The first-order chi connectivity index (χ1) is 6.22. The number of carboxylic acids is 1. The van der Waals surface area contributed by atoms with Crippen molar-refractivity contribution >= 4 is 23.4 Å². The number of alkyl halides is 1. The zero-order chi connectivity index (χ0) is 9.68. The molecule has 0 aliphatic heterocycles. The number of halogens is 1. The molecule has 0 saturated heterocycles. The van der Waals surface area contributed by atoms with Crippen LogP contribution in [0.4, 0.5) is 5.82 Å². The van der Waals surface area contributed by atoms with Gasteiger partial charge in [0, 0.05) is 0 Å². The fourth-order valence-corrected chi connectivity index (χ4v) is 0.967. The number of carbonyl (C=O) groups is 1. The van der Waals surface area contributed by atoms with Gasteiger partial charge in [-0.05, 0) is 12.1 Å². The van der Waals surface area contributed by atoms with Gasteiger partial charge in [-0.2, -0.15) is 0 Å². The van der Waals surface area contributed by atoms with E-state index in [1.165, 1.54) is 0 Å². The molecule has 0 amide bonds. The second-order valence-corrected chi connectivity index (χ2v) is 2.66. The number of nitrogens with one attached hydrogen (secondary N) is 1. The van der Waals surface area contributed by atoms with Crippen LogP contribution in [0.25, 0.3) is 0 Å². The Morgan fingerprint density at radius 2 is 2.38 bits per heavy atom. The second-order valence-electron chi connectivity index (χ2n) is 2.40. The zero-order valence-corrected chi connectivity index (χ0v) is 7.58. The summed E-state index contributed by atoms with van der Waals surface area (Å²) in [5, 5.41) is 11.0. The lowest BCUT2D eigenvalue weighted by Crippen LogP contribution is -2.13. The average Bonchev–Trinajstić information content (AvgIpc) is 2.15. The van der Waals surface area contributed by atoms with Crippen LogP contribution in [0.5, 0.6) is 0 Å². The summed E-state index contributed by atoms with van der Waals surface area (Å²) in [4.78, 5) is 14.3. The smallest absolute Gasteiger partial charge is 0.322 e. The Morgan fingerprint density at radius 3 is 3.00 bits per heavy atom. The Hall–Kier alpha value is -1.29. The standard InChI is InChI=1S/C8H9ClN2O2/c9-4-6-2-1-3-7(11-6)10-5-8(12)13/h1-3H,4-5H2,(H,10,11)(H,12,13). The Kier molecular flexibility index (Phi) is 3.52. The summed E-state index contributed by atoms with van der Waals surface area (Å²) in [5.74, 6) is -0.0681. The largest absolute Gasteiger partial charge is 0.480 e. The molecule has 0 saturated carbocycles. The first kappa shape index (κ1) is 9.80. The Bertz CT molecular complexity index is 304. The molecule has 5 heteroatoms. The number of hydrogen-bond acceptors (Lipinski definition) is 3. The van der Waals surface area contributed by atoms with E-state index in [0.29, 0.717) is 11.7 Å². The van der Waals surface area contributed by atoms with Crippen LogP contribution in [-0.2, 0) is 10.7 Å². The van der Waals surface area contributed by atoms with Gasteiger partial charge in [-0.25, -0.2) is 4.98 Å². The normalized spacial score (nSPS) is 9.62. The van der Waals surface area contributed by atoms with Crippen molar-refractivity contribution in [3.63, 3.8) is 0 Å². The minimum absolute atomic E-state index is 0.140. The lowest BCUT2D eigenvalue weighted by molar-refractivity contribution is -0.134. The maximum Gasteiger partial charge on any atom is 0.322 e. The molecule has 70 valence electrons. The zero-order valence-electron chi connectivity index (χ0n) is 6.83. The summed E-state index contributed by atoms with van der Waals surface area (Å²) in [7, 11) is 0. The Labute approximate surface area is 80.6 Å². The predicted molar refractivity (Wildman–Crippen MR) is 49.9 cm³/mol. The number of rotatable bonds is 4. The van der Waals surface area contributed by atoms with Crippen molar-refractivity contribution in [2.45, 2.75) is 5.88 Å². The second kappa shape index (κ2) is 4.67. The summed E-state index contributed by atoms with van der Waals surface area (Å²) in [6, 6.07) is 5.24. The van der Waals surface area contributed by atoms with Crippen molar-refractivity contribution in [1.29, 1.82) is 0 Å². The minimum Gasteiger partial charge on any atom is -0.480 e. The van der Waals surface area contributed by atoms with Crippen LogP contribution in [0.1, 0.15) is 5.69 Å². The molecule has 0 unspecified atom stereocenters. The van der Waals surface area contributed by atoms with E-state index in [1.807, 2.05) is 0 Å². The molecule has 0 aliphatic carbocycles. The first-order valence-corrected chi connectivity index (χ1v) is 4.23. The summed E-state index contributed by atoms with van der Waals surface area (Å²) >= 11 is 5.55. The van der Waals surface area contributed by atoms with E-state index < -0.39 is 5.97 Å². The third kappa shape index (κ3) is 3.29. The van der Waals surface area contributed by atoms with Crippen LogP contribution in [-0.4, -0.2) is 22.6 Å². The van der Waals surface area contributed by atoms with Crippen molar-refractivity contribution in [1.82, 2.24) is 4.98 Å². The topological polar surface area (TPSA) is 62.2 Å². The molecule has 0 aliphatic rings. The molecule has 0 fully saturated rings. The highest BCUT2D eigenvalue weighted by Gasteiger charge is 1.98. The van der Waals surface area contributed by atoms with Gasteiger partial charge in [-0.1, -0.05) is 6.07 Å². The molecule has 0 bridgehead atoms.